The molecule has 0 heterocycles. The Labute approximate surface area is 109 Å². The van der Waals surface area contributed by atoms with E-state index in [1.165, 1.54) is 0 Å². The van der Waals surface area contributed by atoms with Gasteiger partial charge in [0.15, 0.2) is 0 Å². The molecule has 1 aliphatic carbocycles. The van der Waals surface area contributed by atoms with Crippen LogP contribution in [0, 0.1) is 5.92 Å². The van der Waals surface area contributed by atoms with Gasteiger partial charge in [0.1, 0.15) is 6.54 Å². The van der Waals surface area contributed by atoms with Crippen LogP contribution in [-0.2, 0) is 14.3 Å². The predicted molar refractivity (Wildman–Crippen MR) is 68.8 cm³/mol. The van der Waals surface area contributed by atoms with Crippen molar-refractivity contribution in [3.63, 3.8) is 0 Å². The number of amides is 1. The Morgan fingerprint density at radius 3 is 2.44 bits per heavy atom. The molecule has 0 aromatic rings. The Balaban J connectivity index is 2.55. The Kier molecular flexibility index (Phi) is 5.59. The molecule has 2 N–H and O–H groups in total. The number of esters is 1. The number of carbonyl (C=O) groups is 2. The van der Waals surface area contributed by atoms with Gasteiger partial charge in [-0.05, 0) is 32.1 Å². The molecule has 1 aliphatic rings. The van der Waals surface area contributed by atoms with Crippen molar-refractivity contribution >= 4 is 11.9 Å². The zero-order chi connectivity index (χ0) is 13.7. The number of ether oxygens (including phenoxy) is 1. The number of rotatable bonds is 7. The summed E-state index contributed by atoms with van der Waals surface area (Å²) in [5, 5.41) is 0. The third-order valence-corrected chi connectivity index (χ3v) is 2.92. The quantitative estimate of drug-likeness (QED) is 0.687. The number of hydrogen-bond donors (Lipinski definition) is 1. The van der Waals surface area contributed by atoms with Crippen molar-refractivity contribution in [2.45, 2.75) is 52.1 Å². The predicted octanol–water partition coefficient (Wildman–Crippen LogP) is 0.914. The lowest BCUT2D eigenvalue weighted by atomic mass is 10.0. The van der Waals surface area contributed by atoms with Gasteiger partial charge in [0.2, 0.25) is 5.91 Å². The zero-order valence-corrected chi connectivity index (χ0v) is 11.5. The lowest BCUT2D eigenvalue weighted by Crippen LogP contribution is -2.47. The summed E-state index contributed by atoms with van der Waals surface area (Å²) in [6.07, 6.45) is 2.56. The van der Waals surface area contributed by atoms with Gasteiger partial charge in [0.25, 0.3) is 0 Å². The van der Waals surface area contributed by atoms with Crippen molar-refractivity contribution in [3.05, 3.63) is 0 Å². The van der Waals surface area contributed by atoms with Crippen molar-refractivity contribution in [2.24, 2.45) is 11.7 Å². The maximum atomic E-state index is 12.2. The molecule has 0 bridgehead atoms. The van der Waals surface area contributed by atoms with Crippen molar-refractivity contribution in [2.75, 3.05) is 13.2 Å². The summed E-state index contributed by atoms with van der Waals surface area (Å²) < 4.78 is 4.89. The number of nitrogens with two attached hydrogens (primary N) is 1. The largest absolute Gasteiger partial charge is 0.465 e. The van der Waals surface area contributed by atoms with Gasteiger partial charge in [0, 0.05) is 6.04 Å². The van der Waals surface area contributed by atoms with Gasteiger partial charge in [-0.15, -0.1) is 0 Å². The first kappa shape index (κ1) is 15.0. The number of hydrogen-bond acceptors (Lipinski definition) is 4. The van der Waals surface area contributed by atoms with E-state index in [-0.39, 0.29) is 24.5 Å². The van der Waals surface area contributed by atoms with Gasteiger partial charge in [0.05, 0.1) is 12.6 Å². The van der Waals surface area contributed by atoms with Crippen LogP contribution >= 0.6 is 0 Å². The van der Waals surface area contributed by atoms with Gasteiger partial charge in [-0.3, -0.25) is 9.59 Å². The number of carbonyl (C=O) groups excluding carboxylic acids is 2. The maximum absolute atomic E-state index is 12.2. The molecule has 1 saturated carbocycles. The van der Waals surface area contributed by atoms with Crippen molar-refractivity contribution in [3.8, 4) is 0 Å². The van der Waals surface area contributed by atoms with Crippen LogP contribution < -0.4 is 5.73 Å². The monoisotopic (exact) mass is 256 g/mol. The summed E-state index contributed by atoms with van der Waals surface area (Å²) in [7, 11) is 0. The van der Waals surface area contributed by atoms with Crippen molar-refractivity contribution < 1.29 is 14.3 Å². The first-order valence-corrected chi connectivity index (χ1v) is 6.67. The fourth-order valence-electron chi connectivity index (χ4n) is 1.94. The van der Waals surface area contributed by atoms with Crippen LogP contribution in [0.3, 0.4) is 0 Å². The van der Waals surface area contributed by atoms with E-state index in [2.05, 4.69) is 0 Å². The molecular weight excluding hydrogens is 232 g/mol. The lowest BCUT2D eigenvalue weighted by molar-refractivity contribution is -0.149. The molecule has 0 aliphatic heterocycles. The van der Waals surface area contributed by atoms with E-state index in [9.17, 15) is 9.59 Å². The van der Waals surface area contributed by atoms with Gasteiger partial charge in [-0.1, -0.05) is 13.8 Å². The van der Waals surface area contributed by atoms with Crippen LogP contribution in [0.4, 0.5) is 0 Å². The Morgan fingerprint density at radius 1 is 1.39 bits per heavy atom. The molecule has 1 fully saturated rings. The summed E-state index contributed by atoms with van der Waals surface area (Å²) in [6, 6.07) is -0.333. The topological polar surface area (TPSA) is 72.6 Å². The summed E-state index contributed by atoms with van der Waals surface area (Å²) in [5.74, 6) is -0.110. The molecule has 18 heavy (non-hydrogen) atoms. The van der Waals surface area contributed by atoms with E-state index in [0.717, 1.165) is 12.8 Å². The smallest absolute Gasteiger partial charge is 0.325 e. The molecule has 5 nitrogen and oxygen atoms in total. The second kappa shape index (κ2) is 6.73. The summed E-state index contributed by atoms with van der Waals surface area (Å²) in [5.41, 5.74) is 5.89. The first-order chi connectivity index (χ1) is 8.45. The van der Waals surface area contributed by atoms with Crippen LogP contribution in [0.2, 0.25) is 0 Å². The third kappa shape index (κ3) is 4.64. The fraction of sp³-hybridized carbons (Fsp3) is 0.846. The first-order valence-electron chi connectivity index (χ1n) is 6.67. The van der Waals surface area contributed by atoms with E-state index < -0.39 is 6.04 Å². The van der Waals surface area contributed by atoms with Crippen LogP contribution in [0.5, 0.6) is 0 Å². The molecule has 1 amide bonds. The van der Waals surface area contributed by atoms with Crippen molar-refractivity contribution in [1.82, 2.24) is 4.90 Å². The zero-order valence-electron chi connectivity index (χ0n) is 11.5. The average molecular weight is 256 g/mol. The number of nitrogens with zero attached hydrogens (tertiary/aromatic N) is 1. The molecule has 1 atom stereocenters. The molecular formula is C13H24N2O3. The van der Waals surface area contributed by atoms with Crippen LogP contribution in [-0.4, -0.2) is 42.0 Å². The maximum Gasteiger partial charge on any atom is 0.325 e. The van der Waals surface area contributed by atoms with Crippen molar-refractivity contribution in [1.29, 1.82) is 0 Å². The van der Waals surface area contributed by atoms with E-state index in [4.69, 9.17) is 10.5 Å². The Hall–Kier alpha value is -1.10. The van der Waals surface area contributed by atoms with Gasteiger partial charge >= 0.3 is 5.97 Å². The Bertz CT molecular complexity index is 301. The lowest BCUT2D eigenvalue weighted by Gasteiger charge is -2.25. The summed E-state index contributed by atoms with van der Waals surface area (Å²) in [4.78, 5) is 25.3. The van der Waals surface area contributed by atoms with Gasteiger partial charge in [-0.2, -0.15) is 0 Å². The highest BCUT2D eigenvalue weighted by molar-refractivity contribution is 5.86. The van der Waals surface area contributed by atoms with E-state index in [0.29, 0.717) is 18.9 Å². The average Bonchev–Trinajstić information content (AvgIpc) is 3.08. The minimum atomic E-state index is -0.514. The molecule has 104 valence electrons. The molecule has 0 saturated heterocycles. The molecule has 0 aromatic carbocycles. The van der Waals surface area contributed by atoms with Crippen LogP contribution in [0.25, 0.3) is 0 Å². The van der Waals surface area contributed by atoms with Gasteiger partial charge in [-0.25, -0.2) is 0 Å². The second-order valence-electron chi connectivity index (χ2n) is 5.24. The molecule has 1 rings (SSSR count). The van der Waals surface area contributed by atoms with Crippen LogP contribution in [0.1, 0.15) is 40.0 Å². The summed E-state index contributed by atoms with van der Waals surface area (Å²) >= 11 is 0. The minimum Gasteiger partial charge on any atom is -0.465 e. The SMILES string of the molecule is CCOC(=O)CN(C(=O)[C@@H](N)CC(C)C)C1CC1. The highest BCUT2D eigenvalue weighted by atomic mass is 16.5. The highest BCUT2D eigenvalue weighted by Crippen LogP contribution is 2.27. The standard InChI is InChI=1S/C13H24N2O3/c1-4-18-12(16)8-15(10-5-6-10)13(17)11(14)7-9(2)3/h9-11H,4-8,14H2,1-3H3/t11-/m0/s1. The highest BCUT2D eigenvalue weighted by Gasteiger charge is 2.36. The molecule has 5 heteroatoms. The second-order valence-corrected chi connectivity index (χ2v) is 5.24. The molecule has 0 aromatic heterocycles. The summed E-state index contributed by atoms with van der Waals surface area (Å²) in [6.45, 7) is 6.18. The van der Waals surface area contributed by atoms with Gasteiger partial charge < -0.3 is 15.4 Å². The molecule has 0 radical (unpaired) electrons. The van der Waals surface area contributed by atoms with Crippen LogP contribution in [0.15, 0.2) is 0 Å². The van der Waals surface area contributed by atoms with E-state index in [1.54, 1.807) is 11.8 Å². The van der Waals surface area contributed by atoms with E-state index in [1.807, 2.05) is 13.8 Å². The Morgan fingerprint density at radius 2 is 2.00 bits per heavy atom. The normalized spacial score (nSPS) is 16.5. The third-order valence-electron chi connectivity index (χ3n) is 2.92. The molecule has 0 spiro atoms. The fourth-order valence-corrected chi connectivity index (χ4v) is 1.94. The minimum absolute atomic E-state index is 0.0309. The van der Waals surface area contributed by atoms with E-state index >= 15 is 0 Å². The molecule has 0 unspecified atom stereocenters.